The first kappa shape index (κ1) is 14.0. The maximum Gasteiger partial charge on any atom is 0.222 e. The number of benzene rings is 1. The van der Waals surface area contributed by atoms with Gasteiger partial charge in [-0.2, -0.15) is 0 Å². The van der Waals surface area contributed by atoms with Crippen LogP contribution in [0.2, 0.25) is 0 Å². The Labute approximate surface area is 114 Å². The van der Waals surface area contributed by atoms with Crippen LogP contribution in [0.5, 0.6) is 0 Å². The van der Waals surface area contributed by atoms with Gasteiger partial charge in [0.05, 0.1) is 19.3 Å². The van der Waals surface area contributed by atoms with Crippen molar-refractivity contribution in [1.82, 2.24) is 10.6 Å². The molecule has 4 heteroatoms. The van der Waals surface area contributed by atoms with Crippen LogP contribution in [0.1, 0.15) is 30.5 Å². The molecule has 2 atom stereocenters. The minimum Gasteiger partial charge on any atom is -0.378 e. The van der Waals surface area contributed by atoms with Crippen LogP contribution in [0.15, 0.2) is 24.3 Å². The topological polar surface area (TPSA) is 50.4 Å². The van der Waals surface area contributed by atoms with Gasteiger partial charge in [0.25, 0.3) is 0 Å². The quantitative estimate of drug-likeness (QED) is 0.865. The second kappa shape index (κ2) is 6.68. The van der Waals surface area contributed by atoms with Crippen molar-refractivity contribution in [1.29, 1.82) is 0 Å². The Hall–Kier alpha value is -1.39. The number of ether oxygens (including phenoxy) is 1. The molecule has 1 saturated heterocycles. The maximum atomic E-state index is 12.0. The van der Waals surface area contributed by atoms with Crippen molar-refractivity contribution in [3.05, 3.63) is 35.4 Å². The third-order valence-corrected chi connectivity index (χ3v) is 3.39. The fourth-order valence-corrected chi connectivity index (χ4v) is 2.21. The van der Waals surface area contributed by atoms with Gasteiger partial charge in [0.15, 0.2) is 0 Å². The number of amides is 1. The summed E-state index contributed by atoms with van der Waals surface area (Å²) in [6.07, 6.45) is 0.468. The summed E-state index contributed by atoms with van der Waals surface area (Å²) in [6, 6.07) is 8.42. The van der Waals surface area contributed by atoms with Crippen LogP contribution >= 0.6 is 0 Å². The molecule has 1 heterocycles. The van der Waals surface area contributed by atoms with E-state index in [-0.39, 0.29) is 18.0 Å². The van der Waals surface area contributed by atoms with E-state index < -0.39 is 0 Å². The fraction of sp³-hybridized carbons (Fsp3) is 0.533. The third kappa shape index (κ3) is 4.33. The third-order valence-electron chi connectivity index (χ3n) is 3.39. The van der Waals surface area contributed by atoms with Crippen LogP contribution in [0.3, 0.4) is 0 Å². The molecular weight excluding hydrogens is 240 g/mol. The lowest BCUT2D eigenvalue weighted by atomic mass is 10.1. The monoisotopic (exact) mass is 262 g/mol. The summed E-state index contributed by atoms with van der Waals surface area (Å²) in [4.78, 5) is 12.0. The number of nitrogens with one attached hydrogen (secondary N) is 2. The van der Waals surface area contributed by atoms with E-state index in [1.165, 1.54) is 5.56 Å². The molecule has 1 aliphatic rings. The van der Waals surface area contributed by atoms with E-state index in [1.807, 2.05) is 6.92 Å². The highest BCUT2D eigenvalue weighted by molar-refractivity contribution is 5.77. The number of aryl methyl sites for hydroxylation is 1. The Balaban J connectivity index is 1.82. The largest absolute Gasteiger partial charge is 0.378 e. The van der Waals surface area contributed by atoms with E-state index in [0.29, 0.717) is 13.0 Å². The highest BCUT2D eigenvalue weighted by Gasteiger charge is 2.18. The molecule has 4 nitrogen and oxygen atoms in total. The first-order chi connectivity index (χ1) is 9.15. The highest BCUT2D eigenvalue weighted by atomic mass is 16.5. The smallest absolute Gasteiger partial charge is 0.222 e. The summed E-state index contributed by atoms with van der Waals surface area (Å²) in [7, 11) is 0. The molecule has 19 heavy (non-hydrogen) atoms. The van der Waals surface area contributed by atoms with Crippen LogP contribution in [-0.4, -0.2) is 31.7 Å². The lowest BCUT2D eigenvalue weighted by molar-refractivity contribution is -0.122. The fourth-order valence-electron chi connectivity index (χ4n) is 2.21. The molecule has 0 spiro atoms. The van der Waals surface area contributed by atoms with Gasteiger partial charge in [0.1, 0.15) is 0 Å². The van der Waals surface area contributed by atoms with E-state index in [2.05, 4.69) is 41.8 Å². The molecule has 1 fully saturated rings. The van der Waals surface area contributed by atoms with Gasteiger partial charge >= 0.3 is 0 Å². The normalized spacial score (nSPS) is 20.8. The van der Waals surface area contributed by atoms with Crippen LogP contribution < -0.4 is 10.6 Å². The standard InChI is InChI=1S/C15H22N2O2/c1-11-3-5-13(6-4-11)12(2)17-15(18)9-14-10-19-8-7-16-14/h3-6,12,14,16H,7-10H2,1-2H3,(H,17,18)/t12-,14?/m0/s1. The molecule has 0 bridgehead atoms. The van der Waals surface area contributed by atoms with Gasteiger partial charge in [-0.3, -0.25) is 4.79 Å². The molecule has 0 aliphatic carbocycles. The van der Waals surface area contributed by atoms with Crippen molar-refractivity contribution in [2.75, 3.05) is 19.8 Å². The summed E-state index contributed by atoms with van der Waals surface area (Å²) in [6.45, 7) is 6.24. The molecule has 1 amide bonds. The molecule has 2 N–H and O–H groups in total. The Morgan fingerprint density at radius 2 is 2.21 bits per heavy atom. The zero-order valence-corrected chi connectivity index (χ0v) is 11.6. The summed E-state index contributed by atoms with van der Waals surface area (Å²) in [5.41, 5.74) is 2.36. The molecule has 104 valence electrons. The second-order valence-electron chi connectivity index (χ2n) is 5.13. The Bertz CT molecular complexity index is 411. The van der Waals surface area contributed by atoms with Gasteiger partial charge in [-0.05, 0) is 19.4 Å². The summed E-state index contributed by atoms with van der Waals surface area (Å²) >= 11 is 0. The van der Waals surface area contributed by atoms with Crippen molar-refractivity contribution in [2.24, 2.45) is 0 Å². The molecule has 2 rings (SSSR count). The summed E-state index contributed by atoms with van der Waals surface area (Å²) < 4.78 is 5.34. The molecular formula is C15H22N2O2. The molecule has 0 saturated carbocycles. The van der Waals surface area contributed by atoms with Crippen LogP contribution in [0.25, 0.3) is 0 Å². The first-order valence-corrected chi connectivity index (χ1v) is 6.82. The molecule has 1 aromatic carbocycles. The molecule has 0 aromatic heterocycles. The summed E-state index contributed by atoms with van der Waals surface area (Å²) in [5, 5.41) is 6.31. The van der Waals surface area contributed by atoms with Crippen LogP contribution in [-0.2, 0) is 9.53 Å². The van der Waals surface area contributed by atoms with Gasteiger partial charge in [0.2, 0.25) is 5.91 Å². The average molecular weight is 262 g/mol. The predicted molar refractivity (Wildman–Crippen MR) is 75.0 cm³/mol. The average Bonchev–Trinajstić information content (AvgIpc) is 2.40. The maximum absolute atomic E-state index is 12.0. The number of hydrogen-bond acceptors (Lipinski definition) is 3. The zero-order valence-electron chi connectivity index (χ0n) is 11.6. The Kier molecular flexibility index (Phi) is 4.93. The molecule has 0 radical (unpaired) electrons. The lowest BCUT2D eigenvalue weighted by Gasteiger charge is -2.24. The van der Waals surface area contributed by atoms with Crippen LogP contribution in [0, 0.1) is 6.92 Å². The Morgan fingerprint density at radius 1 is 1.47 bits per heavy atom. The highest BCUT2D eigenvalue weighted by Crippen LogP contribution is 2.13. The predicted octanol–water partition coefficient (Wildman–Crippen LogP) is 1.55. The number of hydrogen-bond donors (Lipinski definition) is 2. The number of carbonyl (C=O) groups excluding carboxylic acids is 1. The second-order valence-corrected chi connectivity index (χ2v) is 5.13. The lowest BCUT2D eigenvalue weighted by Crippen LogP contribution is -2.44. The zero-order chi connectivity index (χ0) is 13.7. The van der Waals surface area contributed by atoms with Crippen molar-refractivity contribution in [3.63, 3.8) is 0 Å². The Morgan fingerprint density at radius 3 is 2.84 bits per heavy atom. The van der Waals surface area contributed by atoms with E-state index in [4.69, 9.17) is 4.74 Å². The summed E-state index contributed by atoms with van der Waals surface area (Å²) in [5.74, 6) is 0.0658. The van der Waals surface area contributed by atoms with Gasteiger partial charge in [-0.1, -0.05) is 29.8 Å². The van der Waals surface area contributed by atoms with Crippen molar-refractivity contribution in [3.8, 4) is 0 Å². The number of carbonyl (C=O) groups is 1. The minimum atomic E-state index is 0.0395. The van der Waals surface area contributed by atoms with Gasteiger partial charge in [0, 0.05) is 19.0 Å². The van der Waals surface area contributed by atoms with Gasteiger partial charge < -0.3 is 15.4 Å². The van der Waals surface area contributed by atoms with Crippen molar-refractivity contribution < 1.29 is 9.53 Å². The van der Waals surface area contributed by atoms with Gasteiger partial charge in [-0.15, -0.1) is 0 Å². The number of rotatable bonds is 4. The molecule has 1 aromatic rings. The molecule has 1 aliphatic heterocycles. The van der Waals surface area contributed by atoms with E-state index in [9.17, 15) is 4.79 Å². The molecule has 1 unspecified atom stereocenters. The van der Waals surface area contributed by atoms with E-state index >= 15 is 0 Å². The van der Waals surface area contributed by atoms with Crippen molar-refractivity contribution >= 4 is 5.91 Å². The minimum absolute atomic E-state index is 0.0395. The van der Waals surface area contributed by atoms with Crippen molar-refractivity contribution in [2.45, 2.75) is 32.4 Å². The number of morpholine rings is 1. The SMILES string of the molecule is Cc1ccc([C@H](C)NC(=O)CC2COCCN2)cc1. The van der Waals surface area contributed by atoms with E-state index in [0.717, 1.165) is 18.7 Å². The first-order valence-electron chi connectivity index (χ1n) is 6.82. The van der Waals surface area contributed by atoms with Gasteiger partial charge in [-0.25, -0.2) is 0 Å². The van der Waals surface area contributed by atoms with Crippen LogP contribution in [0.4, 0.5) is 0 Å². The van der Waals surface area contributed by atoms with E-state index in [1.54, 1.807) is 0 Å².